The maximum Gasteiger partial charge on any atom is 0.229 e. The van der Waals surface area contributed by atoms with Crippen LogP contribution >= 0.6 is 23.2 Å². The van der Waals surface area contributed by atoms with Gasteiger partial charge < -0.3 is 5.32 Å². The van der Waals surface area contributed by atoms with Gasteiger partial charge in [-0.05, 0) is 46.2 Å². The van der Waals surface area contributed by atoms with Crippen molar-refractivity contribution in [2.75, 3.05) is 19.6 Å². The minimum atomic E-state index is -0.867. The van der Waals surface area contributed by atoms with Crippen LogP contribution in [0.5, 0.6) is 0 Å². The number of nitrogens with one attached hydrogen (secondary N) is 1. The van der Waals surface area contributed by atoms with E-state index in [1.807, 2.05) is 6.92 Å². The molecule has 1 aliphatic carbocycles. The summed E-state index contributed by atoms with van der Waals surface area (Å²) in [4.78, 5) is 14.4. The van der Waals surface area contributed by atoms with E-state index < -0.39 is 9.75 Å². The summed E-state index contributed by atoms with van der Waals surface area (Å²) in [6.45, 7) is 6.93. The predicted octanol–water partition coefficient (Wildman–Crippen LogP) is 2.17. The van der Waals surface area contributed by atoms with E-state index in [9.17, 15) is 4.79 Å². The molecule has 0 radical (unpaired) electrons. The average molecular weight is 279 g/mol. The molecular formula is C12H20Cl2N2O. The second-order valence-electron chi connectivity index (χ2n) is 5.52. The fourth-order valence-corrected chi connectivity index (χ4v) is 3.10. The van der Waals surface area contributed by atoms with Crippen molar-refractivity contribution < 1.29 is 4.79 Å². The quantitative estimate of drug-likeness (QED) is 0.800. The number of carbonyl (C=O) groups is 1. The lowest BCUT2D eigenvalue weighted by atomic mass is 10.1. The summed E-state index contributed by atoms with van der Waals surface area (Å²) in [6, 6.07) is 0.392. The zero-order chi connectivity index (χ0) is 12.7. The smallest absolute Gasteiger partial charge is 0.229 e. The van der Waals surface area contributed by atoms with Crippen molar-refractivity contribution in [3.8, 4) is 0 Å². The van der Waals surface area contributed by atoms with E-state index in [0.29, 0.717) is 19.0 Å². The Balaban J connectivity index is 1.77. The van der Waals surface area contributed by atoms with Crippen LogP contribution in [0.15, 0.2) is 0 Å². The number of likely N-dealkylation sites (tertiary alicyclic amines) is 1. The first-order chi connectivity index (χ1) is 7.87. The van der Waals surface area contributed by atoms with Crippen molar-refractivity contribution in [3.63, 3.8) is 0 Å². The lowest BCUT2D eigenvalue weighted by Gasteiger charge is -2.24. The van der Waals surface area contributed by atoms with E-state index in [0.717, 1.165) is 13.1 Å². The van der Waals surface area contributed by atoms with Gasteiger partial charge in [0.1, 0.15) is 4.33 Å². The van der Waals surface area contributed by atoms with Crippen molar-refractivity contribution in [2.24, 2.45) is 5.41 Å². The highest BCUT2D eigenvalue weighted by atomic mass is 35.5. The Hall–Kier alpha value is 0.01000. The Labute approximate surface area is 113 Å². The first-order valence-corrected chi connectivity index (χ1v) is 7.02. The Kier molecular flexibility index (Phi) is 3.64. The SMILES string of the molecule is C[C@@H](CNC(=O)[C@@]1(C)CC1(Cl)Cl)N1CCCC1. The van der Waals surface area contributed by atoms with Crippen LogP contribution in [-0.4, -0.2) is 40.8 Å². The molecule has 0 unspecified atom stereocenters. The molecule has 2 fully saturated rings. The van der Waals surface area contributed by atoms with Gasteiger partial charge >= 0.3 is 0 Å². The lowest BCUT2D eigenvalue weighted by Crippen LogP contribution is -2.43. The maximum absolute atomic E-state index is 12.0. The van der Waals surface area contributed by atoms with Crippen molar-refractivity contribution in [3.05, 3.63) is 0 Å². The van der Waals surface area contributed by atoms with Crippen molar-refractivity contribution >= 4 is 29.1 Å². The zero-order valence-electron chi connectivity index (χ0n) is 10.4. The predicted molar refractivity (Wildman–Crippen MR) is 70.4 cm³/mol. The van der Waals surface area contributed by atoms with E-state index >= 15 is 0 Å². The molecule has 0 spiro atoms. The topological polar surface area (TPSA) is 32.3 Å². The number of hydrogen-bond acceptors (Lipinski definition) is 2. The van der Waals surface area contributed by atoms with Gasteiger partial charge in [-0.25, -0.2) is 0 Å². The molecule has 0 bridgehead atoms. The van der Waals surface area contributed by atoms with E-state index in [1.54, 1.807) is 0 Å². The van der Waals surface area contributed by atoms with Gasteiger partial charge in [0.05, 0.1) is 5.41 Å². The van der Waals surface area contributed by atoms with Gasteiger partial charge in [-0.2, -0.15) is 0 Å². The molecule has 2 aliphatic rings. The molecule has 17 heavy (non-hydrogen) atoms. The number of alkyl halides is 2. The van der Waals surface area contributed by atoms with Crippen LogP contribution in [0.1, 0.15) is 33.1 Å². The highest BCUT2D eigenvalue weighted by Gasteiger charge is 2.67. The summed E-state index contributed by atoms with van der Waals surface area (Å²) in [6.07, 6.45) is 3.08. The standard InChI is InChI=1S/C12H20Cl2N2O/c1-9(16-5-3-4-6-16)7-15-10(17)11(2)8-12(11,13)14/h9H,3-8H2,1-2H3,(H,15,17)/t9-,11+/m0/s1. The summed E-state index contributed by atoms with van der Waals surface area (Å²) in [5, 5.41) is 2.97. The van der Waals surface area contributed by atoms with Crippen LogP contribution in [0.4, 0.5) is 0 Å². The number of carbonyl (C=O) groups excluding carboxylic acids is 1. The van der Waals surface area contributed by atoms with Gasteiger partial charge in [-0.3, -0.25) is 9.69 Å². The third kappa shape index (κ3) is 2.56. The summed E-state index contributed by atoms with van der Waals surface area (Å²) < 4.78 is -0.867. The molecule has 5 heteroatoms. The Bertz CT molecular complexity index is 316. The third-order valence-electron chi connectivity index (χ3n) is 4.08. The van der Waals surface area contributed by atoms with E-state index in [-0.39, 0.29) is 5.91 Å². The minimum absolute atomic E-state index is 0.0199. The van der Waals surface area contributed by atoms with E-state index in [1.165, 1.54) is 12.8 Å². The number of hydrogen-bond donors (Lipinski definition) is 1. The van der Waals surface area contributed by atoms with Crippen LogP contribution < -0.4 is 5.32 Å². The van der Waals surface area contributed by atoms with Gasteiger partial charge in [0.2, 0.25) is 5.91 Å². The van der Waals surface area contributed by atoms with E-state index in [2.05, 4.69) is 17.1 Å². The summed E-state index contributed by atoms with van der Waals surface area (Å²) in [5.41, 5.74) is -0.596. The second kappa shape index (κ2) is 4.60. The fraction of sp³-hybridized carbons (Fsp3) is 0.917. The molecule has 98 valence electrons. The molecule has 0 aromatic rings. The molecule has 2 atom stereocenters. The first-order valence-electron chi connectivity index (χ1n) is 6.27. The van der Waals surface area contributed by atoms with Crippen molar-refractivity contribution in [1.82, 2.24) is 10.2 Å². The fourth-order valence-electron chi connectivity index (χ4n) is 2.39. The lowest BCUT2D eigenvalue weighted by molar-refractivity contribution is -0.126. The van der Waals surface area contributed by atoms with Crippen LogP contribution in [0.2, 0.25) is 0 Å². The third-order valence-corrected chi connectivity index (χ3v) is 5.18. The molecule has 2 rings (SSSR count). The second-order valence-corrected chi connectivity index (χ2v) is 7.00. The largest absolute Gasteiger partial charge is 0.354 e. The minimum Gasteiger partial charge on any atom is -0.354 e. The van der Waals surface area contributed by atoms with Crippen molar-refractivity contribution in [2.45, 2.75) is 43.5 Å². The Morgan fingerprint density at radius 3 is 2.41 bits per heavy atom. The van der Waals surface area contributed by atoms with Gasteiger partial charge in [0.15, 0.2) is 0 Å². The van der Waals surface area contributed by atoms with E-state index in [4.69, 9.17) is 23.2 Å². The molecule has 1 heterocycles. The Morgan fingerprint density at radius 2 is 1.94 bits per heavy atom. The monoisotopic (exact) mass is 278 g/mol. The number of halogens is 2. The Morgan fingerprint density at radius 1 is 1.41 bits per heavy atom. The summed E-state index contributed by atoms with van der Waals surface area (Å²) in [7, 11) is 0. The summed E-state index contributed by atoms with van der Waals surface area (Å²) in [5.74, 6) is -0.0199. The maximum atomic E-state index is 12.0. The molecule has 1 saturated heterocycles. The normalized spacial score (nSPS) is 33.4. The van der Waals surface area contributed by atoms with Crippen LogP contribution in [0.3, 0.4) is 0 Å². The molecule has 1 aliphatic heterocycles. The average Bonchev–Trinajstić information content (AvgIpc) is 2.73. The number of nitrogens with zero attached hydrogens (tertiary/aromatic N) is 1. The van der Waals surface area contributed by atoms with Gasteiger partial charge in [-0.1, -0.05) is 0 Å². The van der Waals surface area contributed by atoms with Crippen LogP contribution in [0, 0.1) is 5.41 Å². The molecule has 3 nitrogen and oxygen atoms in total. The van der Waals surface area contributed by atoms with Crippen LogP contribution in [0.25, 0.3) is 0 Å². The number of amides is 1. The molecule has 1 saturated carbocycles. The molecular weight excluding hydrogens is 259 g/mol. The van der Waals surface area contributed by atoms with Crippen molar-refractivity contribution in [1.29, 1.82) is 0 Å². The molecule has 1 N–H and O–H groups in total. The highest BCUT2D eigenvalue weighted by molar-refractivity contribution is 6.53. The highest BCUT2D eigenvalue weighted by Crippen LogP contribution is 2.63. The van der Waals surface area contributed by atoms with Crippen LogP contribution in [-0.2, 0) is 4.79 Å². The summed E-state index contributed by atoms with van der Waals surface area (Å²) >= 11 is 12.0. The molecule has 1 amide bonds. The van der Waals surface area contributed by atoms with Gasteiger partial charge in [0.25, 0.3) is 0 Å². The van der Waals surface area contributed by atoms with Gasteiger partial charge in [0, 0.05) is 12.6 Å². The molecule has 0 aromatic heterocycles. The number of rotatable bonds is 4. The van der Waals surface area contributed by atoms with Gasteiger partial charge in [-0.15, -0.1) is 23.2 Å². The first kappa shape index (κ1) is 13.4. The zero-order valence-corrected chi connectivity index (χ0v) is 11.9. The molecule has 0 aromatic carbocycles.